The fourth-order valence-corrected chi connectivity index (χ4v) is 3.68. The number of anilines is 1. The fourth-order valence-electron chi connectivity index (χ4n) is 3.39. The second-order valence-electron chi connectivity index (χ2n) is 6.82. The molecule has 3 rings (SSSR count). The Morgan fingerprint density at radius 3 is 2.67 bits per heavy atom. The van der Waals surface area contributed by atoms with E-state index in [1.807, 2.05) is 38.1 Å². The van der Waals surface area contributed by atoms with E-state index in [0.717, 1.165) is 40.3 Å². The second kappa shape index (κ2) is 7.66. The van der Waals surface area contributed by atoms with Crippen molar-refractivity contribution in [3.8, 4) is 0 Å². The molecule has 2 heterocycles. The third-order valence-corrected chi connectivity index (χ3v) is 5.41. The van der Waals surface area contributed by atoms with Crippen molar-refractivity contribution in [2.75, 3.05) is 18.6 Å². The number of carbonyl (C=O) groups is 1. The van der Waals surface area contributed by atoms with Crippen LogP contribution in [0.15, 0.2) is 30.0 Å². The summed E-state index contributed by atoms with van der Waals surface area (Å²) in [5.41, 5.74) is 6.74. The second-order valence-corrected chi connectivity index (χ2v) is 7.21. The Labute approximate surface area is 165 Å². The van der Waals surface area contributed by atoms with Gasteiger partial charge in [-0.15, -0.1) is 0 Å². The summed E-state index contributed by atoms with van der Waals surface area (Å²) in [5, 5.41) is 3.49. The molecular formula is C21H25N3O2S. The number of aromatic nitrogens is 1. The molecule has 6 heteroatoms. The lowest BCUT2D eigenvalue weighted by Crippen LogP contribution is -2.31. The number of methoxy groups -OCH3 is 1. The van der Waals surface area contributed by atoms with Crippen molar-refractivity contribution in [1.29, 1.82) is 0 Å². The van der Waals surface area contributed by atoms with Crippen LogP contribution >= 0.6 is 12.2 Å². The molecule has 5 nitrogen and oxygen atoms in total. The van der Waals surface area contributed by atoms with Gasteiger partial charge in [0, 0.05) is 25.0 Å². The topological polar surface area (TPSA) is 46.5 Å². The van der Waals surface area contributed by atoms with Gasteiger partial charge in [-0.05, 0) is 74.8 Å². The summed E-state index contributed by atoms with van der Waals surface area (Å²) in [7, 11) is 1.70. The summed E-state index contributed by atoms with van der Waals surface area (Å²) in [6.45, 7) is 9.57. The zero-order valence-corrected chi connectivity index (χ0v) is 17.2. The SMILES string of the molecule is COCCn1c(C)cc(/C=C2\NC(=S)N(c3cccc(C)c3C)C2=O)c1C. The lowest BCUT2D eigenvalue weighted by atomic mass is 10.1. The van der Waals surface area contributed by atoms with E-state index >= 15 is 0 Å². The Kier molecular flexibility index (Phi) is 5.48. The number of hydrogen-bond acceptors (Lipinski definition) is 3. The zero-order chi connectivity index (χ0) is 19.7. The Hall–Kier alpha value is -2.44. The molecule has 1 fully saturated rings. The number of rotatable bonds is 5. The highest BCUT2D eigenvalue weighted by Crippen LogP contribution is 2.28. The van der Waals surface area contributed by atoms with Crippen LogP contribution in [0.5, 0.6) is 0 Å². The smallest absolute Gasteiger partial charge is 0.281 e. The highest BCUT2D eigenvalue weighted by Gasteiger charge is 2.33. The van der Waals surface area contributed by atoms with Gasteiger partial charge in [-0.25, -0.2) is 0 Å². The van der Waals surface area contributed by atoms with Crippen LogP contribution in [0.2, 0.25) is 0 Å². The third-order valence-electron chi connectivity index (χ3n) is 5.13. The summed E-state index contributed by atoms with van der Waals surface area (Å²) in [5.74, 6) is -0.129. The van der Waals surface area contributed by atoms with E-state index in [0.29, 0.717) is 17.4 Å². The minimum Gasteiger partial charge on any atom is -0.383 e. The summed E-state index contributed by atoms with van der Waals surface area (Å²) < 4.78 is 7.38. The molecule has 0 saturated carbocycles. The number of thiocarbonyl (C=S) groups is 1. The number of nitrogens with one attached hydrogen (secondary N) is 1. The molecule has 1 N–H and O–H groups in total. The van der Waals surface area contributed by atoms with Crippen molar-refractivity contribution in [2.24, 2.45) is 0 Å². The van der Waals surface area contributed by atoms with Gasteiger partial charge in [0.15, 0.2) is 5.11 Å². The Morgan fingerprint density at radius 2 is 1.96 bits per heavy atom. The molecule has 0 unspecified atom stereocenters. The molecule has 0 bridgehead atoms. The summed E-state index contributed by atoms with van der Waals surface area (Å²) in [4.78, 5) is 14.6. The van der Waals surface area contributed by atoms with Crippen molar-refractivity contribution in [3.05, 3.63) is 58.0 Å². The summed E-state index contributed by atoms with van der Waals surface area (Å²) in [6.07, 6.45) is 1.88. The molecule has 1 saturated heterocycles. The van der Waals surface area contributed by atoms with Gasteiger partial charge >= 0.3 is 0 Å². The molecule has 2 aromatic rings. The molecule has 1 aliphatic heterocycles. The Balaban J connectivity index is 1.95. The van der Waals surface area contributed by atoms with Gasteiger partial charge in [0.05, 0.1) is 12.3 Å². The molecule has 0 atom stereocenters. The molecule has 142 valence electrons. The lowest BCUT2D eigenvalue weighted by Gasteiger charge is -2.17. The predicted molar refractivity (Wildman–Crippen MR) is 113 cm³/mol. The Bertz CT molecular complexity index is 943. The molecular weight excluding hydrogens is 358 g/mol. The number of aryl methyl sites for hydroxylation is 2. The highest BCUT2D eigenvalue weighted by molar-refractivity contribution is 7.80. The highest BCUT2D eigenvalue weighted by atomic mass is 32.1. The maximum atomic E-state index is 13.0. The van der Waals surface area contributed by atoms with Gasteiger partial charge in [0.1, 0.15) is 5.70 Å². The quantitative estimate of drug-likeness (QED) is 0.633. The first-order chi connectivity index (χ1) is 12.8. The molecule has 1 aromatic carbocycles. The maximum absolute atomic E-state index is 13.0. The van der Waals surface area contributed by atoms with Gasteiger partial charge in [-0.1, -0.05) is 12.1 Å². The van der Waals surface area contributed by atoms with Gasteiger partial charge in [0.25, 0.3) is 5.91 Å². The number of carbonyl (C=O) groups excluding carboxylic acids is 1. The standard InChI is InChI=1S/C21H25N3O2S/c1-13-7-6-8-19(15(13)3)24-20(25)18(22-21(24)27)12-17-11-14(2)23(16(17)4)9-10-26-5/h6-8,11-12H,9-10H2,1-5H3,(H,22,27)/b18-12-. The van der Waals surface area contributed by atoms with Crippen molar-refractivity contribution in [3.63, 3.8) is 0 Å². The van der Waals surface area contributed by atoms with Crippen molar-refractivity contribution in [1.82, 2.24) is 9.88 Å². The fraction of sp³-hybridized carbons (Fsp3) is 0.333. The largest absolute Gasteiger partial charge is 0.383 e. The molecule has 1 aromatic heterocycles. The average molecular weight is 384 g/mol. The van der Waals surface area contributed by atoms with E-state index in [4.69, 9.17) is 17.0 Å². The zero-order valence-electron chi connectivity index (χ0n) is 16.4. The monoisotopic (exact) mass is 383 g/mol. The average Bonchev–Trinajstić information content (AvgIpc) is 3.05. The minimum absolute atomic E-state index is 0.129. The molecule has 0 aliphatic carbocycles. The number of hydrogen-bond donors (Lipinski definition) is 1. The number of amides is 1. The number of nitrogens with zero attached hydrogens (tertiary/aromatic N) is 2. The Morgan fingerprint density at radius 1 is 1.22 bits per heavy atom. The van der Waals surface area contributed by atoms with Crippen LogP contribution in [0, 0.1) is 27.7 Å². The van der Waals surface area contributed by atoms with Crippen LogP contribution < -0.4 is 10.2 Å². The normalized spacial score (nSPS) is 15.7. The number of benzene rings is 1. The van der Waals surface area contributed by atoms with Crippen molar-refractivity contribution < 1.29 is 9.53 Å². The van der Waals surface area contributed by atoms with Gasteiger partial charge in [-0.3, -0.25) is 9.69 Å². The summed E-state index contributed by atoms with van der Waals surface area (Å²) >= 11 is 5.45. The van der Waals surface area contributed by atoms with Gasteiger partial charge < -0.3 is 14.6 Å². The molecule has 0 spiro atoms. The first-order valence-electron chi connectivity index (χ1n) is 8.94. The van der Waals surface area contributed by atoms with E-state index in [1.54, 1.807) is 12.0 Å². The van der Waals surface area contributed by atoms with Crippen LogP contribution in [-0.4, -0.2) is 29.3 Å². The van der Waals surface area contributed by atoms with E-state index < -0.39 is 0 Å². The van der Waals surface area contributed by atoms with Crippen LogP contribution in [0.1, 0.15) is 28.1 Å². The lowest BCUT2D eigenvalue weighted by molar-refractivity contribution is -0.113. The van der Waals surface area contributed by atoms with Crippen LogP contribution in [0.3, 0.4) is 0 Å². The van der Waals surface area contributed by atoms with E-state index in [1.165, 1.54) is 0 Å². The van der Waals surface area contributed by atoms with Crippen LogP contribution in [0.4, 0.5) is 5.69 Å². The first-order valence-corrected chi connectivity index (χ1v) is 9.35. The van der Waals surface area contributed by atoms with Gasteiger partial charge in [0.2, 0.25) is 0 Å². The third kappa shape index (κ3) is 3.55. The van der Waals surface area contributed by atoms with Crippen LogP contribution in [-0.2, 0) is 16.1 Å². The van der Waals surface area contributed by atoms with Crippen molar-refractivity contribution in [2.45, 2.75) is 34.2 Å². The number of ether oxygens (including phenoxy) is 1. The van der Waals surface area contributed by atoms with E-state index in [9.17, 15) is 4.79 Å². The van der Waals surface area contributed by atoms with Crippen molar-refractivity contribution >= 4 is 35.0 Å². The predicted octanol–water partition coefficient (Wildman–Crippen LogP) is 3.63. The summed E-state index contributed by atoms with van der Waals surface area (Å²) in [6, 6.07) is 7.98. The van der Waals surface area contributed by atoms with Crippen LogP contribution in [0.25, 0.3) is 6.08 Å². The molecule has 1 aliphatic rings. The van der Waals surface area contributed by atoms with E-state index in [2.05, 4.69) is 29.8 Å². The minimum atomic E-state index is -0.129. The molecule has 0 radical (unpaired) electrons. The molecule has 1 amide bonds. The van der Waals surface area contributed by atoms with Gasteiger partial charge in [-0.2, -0.15) is 0 Å². The maximum Gasteiger partial charge on any atom is 0.281 e. The molecule has 27 heavy (non-hydrogen) atoms. The van der Waals surface area contributed by atoms with E-state index in [-0.39, 0.29) is 5.91 Å². The first kappa shape index (κ1) is 19.3.